The maximum Gasteiger partial charge on any atom is 0.280 e. The van der Waals surface area contributed by atoms with Gasteiger partial charge < -0.3 is 15.1 Å². The van der Waals surface area contributed by atoms with Gasteiger partial charge in [-0.2, -0.15) is 0 Å². The Balaban J connectivity index is 1.60. The van der Waals surface area contributed by atoms with E-state index in [1.807, 2.05) is 6.07 Å². The van der Waals surface area contributed by atoms with Crippen molar-refractivity contribution in [2.24, 2.45) is 0 Å². The van der Waals surface area contributed by atoms with Crippen LogP contribution in [0.3, 0.4) is 0 Å². The van der Waals surface area contributed by atoms with Crippen LogP contribution < -0.4 is 10.2 Å². The minimum Gasteiger partial charge on any atom is -0.369 e. The Morgan fingerprint density at radius 3 is 2.58 bits per heavy atom. The first-order valence-corrected chi connectivity index (χ1v) is 9.03. The smallest absolute Gasteiger partial charge is 0.280 e. The highest BCUT2D eigenvalue weighted by Gasteiger charge is 2.17. The van der Waals surface area contributed by atoms with Gasteiger partial charge in [-0.15, -0.1) is 0 Å². The number of hydrogen-bond donors (Lipinski definition) is 1. The van der Waals surface area contributed by atoms with E-state index < -0.39 is 6.43 Å². The van der Waals surface area contributed by atoms with Crippen molar-refractivity contribution in [3.63, 3.8) is 0 Å². The van der Waals surface area contributed by atoms with Crippen molar-refractivity contribution in [1.82, 2.24) is 20.2 Å². The van der Waals surface area contributed by atoms with Crippen LogP contribution in [0.4, 0.5) is 14.5 Å². The van der Waals surface area contributed by atoms with E-state index in [9.17, 15) is 8.78 Å². The Kier molecular flexibility index (Phi) is 6.46. The Labute approximate surface area is 153 Å². The van der Waals surface area contributed by atoms with E-state index in [4.69, 9.17) is 0 Å². The van der Waals surface area contributed by atoms with Crippen molar-refractivity contribution in [1.29, 1.82) is 0 Å². The molecule has 1 aliphatic heterocycles. The molecule has 26 heavy (non-hydrogen) atoms. The zero-order valence-corrected chi connectivity index (χ0v) is 15.0. The van der Waals surface area contributed by atoms with Crippen molar-refractivity contribution >= 4 is 5.69 Å². The van der Waals surface area contributed by atoms with Gasteiger partial charge in [-0.25, -0.2) is 18.7 Å². The molecule has 1 aromatic heterocycles. The summed E-state index contributed by atoms with van der Waals surface area (Å²) < 4.78 is 25.5. The number of benzene rings is 1. The molecular formula is C19H25F2N5. The highest BCUT2D eigenvalue weighted by atomic mass is 19.3. The summed E-state index contributed by atoms with van der Waals surface area (Å²) in [6, 6.07) is 9.58. The van der Waals surface area contributed by atoms with Crippen molar-refractivity contribution in [3.8, 4) is 0 Å². The third-order valence-electron chi connectivity index (χ3n) is 4.70. The summed E-state index contributed by atoms with van der Waals surface area (Å²) in [5.41, 5.74) is 2.20. The second kappa shape index (κ2) is 9.00. The van der Waals surface area contributed by atoms with E-state index in [2.05, 4.69) is 50.2 Å². The van der Waals surface area contributed by atoms with Gasteiger partial charge in [0.25, 0.3) is 6.43 Å². The van der Waals surface area contributed by atoms with Crippen LogP contribution in [0.25, 0.3) is 0 Å². The topological polar surface area (TPSA) is 44.3 Å². The molecule has 7 heteroatoms. The number of nitrogens with one attached hydrogen (secondary N) is 1. The van der Waals surface area contributed by atoms with Crippen LogP contribution in [0.5, 0.6) is 0 Å². The van der Waals surface area contributed by atoms with E-state index >= 15 is 0 Å². The lowest BCUT2D eigenvalue weighted by Crippen LogP contribution is -2.46. The third-order valence-corrected chi connectivity index (χ3v) is 4.70. The van der Waals surface area contributed by atoms with E-state index in [0.29, 0.717) is 18.9 Å². The predicted octanol–water partition coefficient (Wildman–Crippen LogP) is 2.85. The normalized spacial score (nSPS) is 15.6. The molecule has 0 unspecified atom stereocenters. The third kappa shape index (κ3) is 4.74. The standard InChI is InChI=1S/C19H25F2N5/c1-2-25-9-11-26(12-10-25)17-6-4-3-5-15(17)13-22-14-18-23-8-7-16(24-18)19(20)21/h3-8,19,22H,2,9-14H2,1H3. The lowest BCUT2D eigenvalue weighted by atomic mass is 10.1. The molecule has 0 radical (unpaired) electrons. The summed E-state index contributed by atoms with van der Waals surface area (Å²) in [5, 5.41) is 3.28. The molecule has 1 saturated heterocycles. The van der Waals surface area contributed by atoms with Crippen LogP contribution in [-0.4, -0.2) is 47.6 Å². The van der Waals surface area contributed by atoms with Crippen molar-refractivity contribution in [2.45, 2.75) is 26.4 Å². The average molecular weight is 361 g/mol. The van der Waals surface area contributed by atoms with Crippen molar-refractivity contribution in [2.75, 3.05) is 37.6 Å². The number of halogens is 2. The largest absolute Gasteiger partial charge is 0.369 e. The number of aromatic nitrogens is 2. The monoisotopic (exact) mass is 361 g/mol. The van der Waals surface area contributed by atoms with Crippen molar-refractivity contribution < 1.29 is 8.78 Å². The molecule has 0 saturated carbocycles. The van der Waals surface area contributed by atoms with Crippen LogP contribution >= 0.6 is 0 Å². The van der Waals surface area contributed by atoms with Crippen LogP contribution in [0.1, 0.15) is 30.4 Å². The van der Waals surface area contributed by atoms with Crippen LogP contribution in [-0.2, 0) is 13.1 Å². The number of alkyl halides is 2. The fourth-order valence-corrected chi connectivity index (χ4v) is 3.20. The summed E-state index contributed by atoms with van der Waals surface area (Å²) in [6.07, 6.45) is -1.19. The number of nitrogens with zero attached hydrogens (tertiary/aromatic N) is 4. The minimum absolute atomic E-state index is 0.231. The second-order valence-electron chi connectivity index (χ2n) is 6.35. The first-order valence-electron chi connectivity index (χ1n) is 9.03. The number of rotatable bonds is 7. The van der Waals surface area contributed by atoms with E-state index in [-0.39, 0.29) is 5.69 Å². The number of para-hydroxylation sites is 1. The zero-order valence-electron chi connectivity index (χ0n) is 15.0. The van der Waals surface area contributed by atoms with Gasteiger partial charge in [0.1, 0.15) is 11.5 Å². The van der Waals surface area contributed by atoms with E-state index in [1.54, 1.807) is 0 Å². The van der Waals surface area contributed by atoms with E-state index in [1.165, 1.54) is 23.5 Å². The molecule has 1 fully saturated rings. The van der Waals surface area contributed by atoms with Gasteiger partial charge in [0.2, 0.25) is 0 Å². The minimum atomic E-state index is -2.57. The summed E-state index contributed by atoms with van der Waals surface area (Å²) in [4.78, 5) is 12.8. The highest BCUT2D eigenvalue weighted by molar-refractivity contribution is 5.54. The van der Waals surface area contributed by atoms with Gasteiger partial charge in [-0.1, -0.05) is 25.1 Å². The maximum absolute atomic E-state index is 12.7. The Bertz CT molecular complexity index is 702. The van der Waals surface area contributed by atoms with Crippen LogP contribution in [0.15, 0.2) is 36.5 Å². The quantitative estimate of drug-likeness (QED) is 0.822. The fourth-order valence-electron chi connectivity index (χ4n) is 3.20. The molecule has 0 atom stereocenters. The Morgan fingerprint density at radius 1 is 1.08 bits per heavy atom. The molecule has 1 N–H and O–H groups in total. The van der Waals surface area contributed by atoms with Gasteiger partial charge in [-0.3, -0.25) is 0 Å². The van der Waals surface area contributed by atoms with Gasteiger partial charge in [0.15, 0.2) is 0 Å². The molecular weight excluding hydrogens is 336 g/mol. The van der Waals surface area contributed by atoms with Gasteiger partial charge >= 0.3 is 0 Å². The Morgan fingerprint density at radius 2 is 1.85 bits per heavy atom. The summed E-state index contributed by atoms with van der Waals surface area (Å²) >= 11 is 0. The van der Waals surface area contributed by atoms with Crippen LogP contribution in [0.2, 0.25) is 0 Å². The number of likely N-dealkylation sites (N-methyl/N-ethyl adjacent to an activating group) is 1. The first-order chi connectivity index (χ1) is 12.7. The molecule has 3 rings (SSSR count). The SMILES string of the molecule is CCN1CCN(c2ccccc2CNCc2nccc(C(F)F)n2)CC1. The molecule has 5 nitrogen and oxygen atoms in total. The average Bonchev–Trinajstić information content (AvgIpc) is 2.69. The number of hydrogen-bond acceptors (Lipinski definition) is 5. The lowest BCUT2D eigenvalue weighted by molar-refractivity contribution is 0.145. The van der Waals surface area contributed by atoms with Crippen LogP contribution in [0, 0.1) is 0 Å². The van der Waals surface area contributed by atoms with E-state index in [0.717, 1.165) is 32.7 Å². The summed E-state index contributed by atoms with van der Waals surface area (Å²) in [6.45, 7) is 8.48. The second-order valence-corrected chi connectivity index (χ2v) is 6.35. The predicted molar refractivity (Wildman–Crippen MR) is 98.3 cm³/mol. The molecule has 1 aliphatic rings. The first kappa shape index (κ1) is 18.7. The maximum atomic E-state index is 12.7. The van der Waals surface area contributed by atoms with Gasteiger partial charge in [0, 0.05) is 44.6 Å². The summed E-state index contributed by atoms with van der Waals surface area (Å²) in [7, 11) is 0. The number of piperazine rings is 1. The lowest BCUT2D eigenvalue weighted by Gasteiger charge is -2.36. The fraction of sp³-hybridized carbons (Fsp3) is 0.474. The molecule has 1 aromatic carbocycles. The Hall–Kier alpha value is -2.12. The van der Waals surface area contributed by atoms with Gasteiger partial charge in [0.05, 0.1) is 6.54 Å². The zero-order chi connectivity index (χ0) is 18.4. The summed E-state index contributed by atoms with van der Waals surface area (Å²) in [5.74, 6) is 0.386. The van der Waals surface area contributed by atoms with Crippen molar-refractivity contribution in [3.05, 3.63) is 53.6 Å². The molecule has 2 aromatic rings. The molecule has 2 heterocycles. The number of anilines is 1. The molecule has 0 aliphatic carbocycles. The molecule has 0 spiro atoms. The highest BCUT2D eigenvalue weighted by Crippen LogP contribution is 2.22. The molecule has 140 valence electrons. The molecule has 0 amide bonds. The molecule has 0 bridgehead atoms. The van der Waals surface area contributed by atoms with Gasteiger partial charge in [-0.05, 0) is 24.2 Å².